The van der Waals surface area contributed by atoms with E-state index in [1.165, 1.54) is 34.9 Å². The summed E-state index contributed by atoms with van der Waals surface area (Å²) >= 11 is 1.45. The van der Waals surface area contributed by atoms with Gasteiger partial charge in [0.1, 0.15) is 0 Å². The van der Waals surface area contributed by atoms with Crippen LogP contribution >= 0.6 is 11.8 Å². The zero-order chi connectivity index (χ0) is 18.7. The van der Waals surface area contributed by atoms with Gasteiger partial charge in [-0.15, -0.1) is 0 Å². The number of urea groups is 1. The number of rotatable bonds is 3. The average Bonchev–Trinajstić information content (AvgIpc) is 3.01. The molecule has 4 nitrogen and oxygen atoms in total. The normalized spacial score (nSPS) is 16.9. The molecule has 1 heterocycles. The lowest BCUT2D eigenvalue weighted by molar-refractivity contribution is 0.0175. The summed E-state index contributed by atoms with van der Waals surface area (Å²) in [5, 5.41) is 3.53. The van der Waals surface area contributed by atoms with Gasteiger partial charge in [0.2, 0.25) is 0 Å². The monoisotopic (exact) mass is 375 g/mol. The maximum Gasteiger partial charge on any atom is 0.332 e. The molecule has 0 fully saturated rings. The van der Waals surface area contributed by atoms with Crippen LogP contribution in [0.25, 0.3) is 0 Å². The van der Waals surface area contributed by atoms with Crippen molar-refractivity contribution in [3.05, 3.63) is 60.2 Å². The van der Waals surface area contributed by atoms with E-state index in [0.717, 1.165) is 6.92 Å². The molecule has 2 aromatic carbocycles. The van der Waals surface area contributed by atoms with Gasteiger partial charge < -0.3 is 5.32 Å². The van der Waals surface area contributed by atoms with Crippen LogP contribution in [0.15, 0.2) is 59.6 Å². The molecule has 0 aromatic heterocycles. The standard InChI is InChI=1S/C19H19F2N3OS/c1-13-12-22-18(26-13)24(17(25)23-15-8-4-3-5-9-15)16-10-6-7-14(11-16)19(2,20)21/h3-11,13H,12H2,1-2H3,(H,23,25). The Morgan fingerprint density at radius 2 is 1.96 bits per heavy atom. The third-order valence-electron chi connectivity index (χ3n) is 3.82. The number of benzene rings is 2. The SMILES string of the molecule is CC1CN=C(N(C(=O)Nc2ccccc2)c2cccc(C(C)(F)F)c2)S1. The van der Waals surface area contributed by atoms with E-state index in [1.54, 1.807) is 18.2 Å². The molecule has 1 aliphatic heterocycles. The van der Waals surface area contributed by atoms with Gasteiger partial charge in [-0.3, -0.25) is 4.99 Å². The van der Waals surface area contributed by atoms with Crippen LogP contribution in [-0.4, -0.2) is 23.0 Å². The van der Waals surface area contributed by atoms with Crippen LogP contribution in [-0.2, 0) is 5.92 Å². The van der Waals surface area contributed by atoms with Gasteiger partial charge in [-0.05, 0) is 24.3 Å². The Kier molecular flexibility index (Phi) is 5.27. The highest BCUT2D eigenvalue weighted by Gasteiger charge is 2.30. The van der Waals surface area contributed by atoms with Gasteiger partial charge in [-0.2, -0.15) is 0 Å². The number of nitrogens with zero attached hydrogens (tertiary/aromatic N) is 2. The molecule has 1 N–H and O–H groups in total. The second-order valence-electron chi connectivity index (χ2n) is 6.12. The summed E-state index contributed by atoms with van der Waals surface area (Å²) in [7, 11) is 0. The fourth-order valence-electron chi connectivity index (χ4n) is 2.52. The van der Waals surface area contributed by atoms with Gasteiger partial charge in [0, 0.05) is 23.4 Å². The lowest BCUT2D eigenvalue weighted by Crippen LogP contribution is -2.38. The van der Waals surface area contributed by atoms with E-state index in [-0.39, 0.29) is 10.8 Å². The molecule has 2 aromatic rings. The van der Waals surface area contributed by atoms with Crippen molar-refractivity contribution >= 4 is 34.3 Å². The molecule has 0 aliphatic carbocycles. The maximum atomic E-state index is 13.7. The Morgan fingerprint density at radius 3 is 2.58 bits per heavy atom. The van der Waals surface area contributed by atoms with Crippen LogP contribution < -0.4 is 10.2 Å². The Bertz CT molecular complexity index is 821. The summed E-state index contributed by atoms with van der Waals surface area (Å²) in [5.74, 6) is -2.99. The number of carbonyl (C=O) groups excluding carboxylic acids is 1. The van der Waals surface area contributed by atoms with Gasteiger partial charge in [-0.1, -0.05) is 49.0 Å². The van der Waals surface area contributed by atoms with Crippen molar-refractivity contribution in [1.29, 1.82) is 0 Å². The lowest BCUT2D eigenvalue weighted by Gasteiger charge is -2.24. The molecule has 7 heteroatoms. The summed E-state index contributed by atoms with van der Waals surface area (Å²) in [6, 6.07) is 14.4. The Balaban J connectivity index is 1.95. The fraction of sp³-hybridized carbons (Fsp3) is 0.263. The largest absolute Gasteiger partial charge is 0.332 e. The predicted octanol–water partition coefficient (Wildman–Crippen LogP) is 5.33. The molecular weight excluding hydrogens is 356 g/mol. The number of aliphatic imine (C=N–C) groups is 1. The molecule has 0 saturated carbocycles. The van der Waals surface area contributed by atoms with Crippen molar-refractivity contribution < 1.29 is 13.6 Å². The quantitative estimate of drug-likeness (QED) is 0.788. The summed E-state index contributed by atoms with van der Waals surface area (Å²) in [6.45, 7) is 3.42. The topological polar surface area (TPSA) is 44.7 Å². The second kappa shape index (κ2) is 7.45. The van der Waals surface area contributed by atoms with E-state index in [2.05, 4.69) is 10.3 Å². The number of hydrogen-bond donors (Lipinski definition) is 1. The second-order valence-corrected chi connectivity index (χ2v) is 7.53. The van der Waals surface area contributed by atoms with Crippen LogP contribution in [0.5, 0.6) is 0 Å². The van der Waals surface area contributed by atoms with Gasteiger partial charge in [0.25, 0.3) is 5.92 Å². The molecule has 1 unspecified atom stereocenters. The third-order valence-corrected chi connectivity index (χ3v) is 4.89. The molecule has 3 rings (SSSR count). The number of anilines is 2. The third kappa shape index (κ3) is 4.22. The van der Waals surface area contributed by atoms with Crippen molar-refractivity contribution in [2.45, 2.75) is 25.0 Å². The van der Waals surface area contributed by atoms with Gasteiger partial charge in [-0.25, -0.2) is 18.5 Å². The molecule has 0 saturated heterocycles. The number of amidine groups is 1. The molecule has 1 aliphatic rings. The van der Waals surface area contributed by atoms with E-state index < -0.39 is 12.0 Å². The predicted molar refractivity (Wildman–Crippen MR) is 103 cm³/mol. The molecule has 1 atom stereocenters. The number of halogens is 2. The lowest BCUT2D eigenvalue weighted by atomic mass is 10.1. The summed E-state index contributed by atoms with van der Waals surface area (Å²) in [6.07, 6.45) is 0. The van der Waals surface area contributed by atoms with Crippen molar-refractivity contribution in [3.63, 3.8) is 0 Å². The number of alkyl halides is 2. The molecule has 26 heavy (non-hydrogen) atoms. The number of nitrogens with one attached hydrogen (secondary N) is 1. The first-order valence-electron chi connectivity index (χ1n) is 8.20. The number of hydrogen-bond acceptors (Lipinski definition) is 3. The number of amides is 2. The first-order valence-corrected chi connectivity index (χ1v) is 9.08. The smallest absolute Gasteiger partial charge is 0.307 e. The van der Waals surface area contributed by atoms with Crippen molar-refractivity contribution in [1.82, 2.24) is 0 Å². The molecule has 0 radical (unpaired) electrons. The van der Waals surface area contributed by atoms with Crippen LogP contribution in [0.2, 0.25) is 0 Å². The van der Waals surface area contributed by atoms with Gasteiger partial charge >= 0.3 is 6.03 Å². The minimum atomic E-state index is -2.99. The van der Waals surface area contributed by atoms with Crippen molar-refractivity contribution in [3.8, 4) is 0 Å². The Hall–Kier alpha value is -2.41. The highest BCUT2D eigenvalue weighted by Crippen LogP contribution is 2.33. The van der Waals surface area contributed by atoms with E-state index in [9.17, 15) is 13.6 Å². The van der Waals surface area contributed by atoms with Gasteiger partial charge in [0.05, 0.1) is 12.2 Å². The first kappa shape index (κ1) is 18.4. The van der Waals surface area contributed by atoms with Crippen LogP contribution in [0.4, 0.5) is 25.0 Å². The van der Waals surface area contributed by atoms with E-state index in [0.29, 0.717) is 23.1 Å². The maximum absolute atomic E-state index is 13.7. The zero-order valence-corrected chi connectivity index (χ0v) is 15.3. The highest BCUT2D eigenvalue weighted by molar-refractivity contribution is 8.15. The van der Waals surface area contributed by atoms with E-state index >= 15 is 0 Å². The average molecular weight is 375 g/mol. The van der Waals surface area contributed by atoms with E-state index in [4.69, 9.17) is 0 Å². The highest BCUT2D eigenvalue weighted by atomic mass is 32.2. The summed E-state index contributed by atoms with van der Waals surface area (Å²) < 4.78 is 27.5. The summed E-state index contributed by atoms with van der Waals surface area (Å²) in [4.78, 5) is 18.7. The number of para-hydroxylation sites is 1. The molecule has 2 amide bonds. The summed E-state index contributed by atoms with van der Waals surface area (Å²) in [5.41, 5.74) is 0.832. The number of thioether (sulfide) groups is 1. The minimum absolute atomic E-state index is 0.149. The molecule has 136 valence electrons. The van der Waals surface area contributed by atoms with Crippen LogP contribution in [0.3, 0.4) is 0 Å². The fourth-order valence-corrected chi connectivity index (χ4v) is 3.47. The molecule has 0 spiro atoms. The Morgan fingerprint density at radius 1 is 1.23 bits per heavy atom. The molecule has 0 bridgehead atoms. The first-order chi connectivity index (χ1) is 12.3. The van der Waals surface area contributed by atoms with E-state index in [1.807, 2.05) is 25.1 Å². The van der Waals surface area contributed by atoms with Crippen molar-refractivity contribution in [2.75, 3.05) is 16.8 Å². The van der Waals surface area contributed by atoms with Gasteiger partial charge in [0.15, 0.2) is 5.17 Å². The molecular formula is C19H19F2N3OS. The Labute approximate surface area is 155 Å². The number of carbonyl (C=O) groups is 1. The van der Waals surface area contributed by atoms with Crippen LogP contribution in [0.1, 0.15) is 19.4 Å². The minimum Gasteiger partial charge on any atom is -0.307 e. The van der Waals surface area contributed by atoms with Crippen LogP contribution in [0, 0.1) is 0 Å². The zero-order valence-electron chi connectivity index (χ0n) is 14.4. The van der Waals surface area contributed by atoms with Crippen molar-refractivity contribution in [2.24, 2.45) is 4.99 Å².